The maximum atomic E-state index is 11.8. The van der Waals surface area contributed by atoms with E-state index in [9.17, 15) is 18.3 Å². The van der Waals surface area contributed by atoms with Gasteiger partial charge in [0.25, 0.3) is 0 Å². The van der Waals surface area contributed by atoms with Crippen LogP contribution in [0.4, 0.5) is 0 Å². The monoisotopic (exact) mass is 248 g/mol. The summed E-state index contributed by atoms with van der Waals surface area (Å²) in [6.07, 6.45) is 0. The van der Waals surface area contributed by atoms with E-state index < -0.39 is 27.5 Å². The number of aryl methyl sites for hydroxylation is 1. The Morgan fingerprint density at radius 1 is 1.29 bits per heavy atom. The molecule has 0 saturated heterocycles. The molecule has 1 aromatic carbocycles. The van der Waals surface area contributed by atoms with Crippen molar-refractivity contribution in [1.82, 2.24) is 0 Å². The molecule has 0 amide bonds. The zero-order chi connectivity index (χ0) is 12.3. The Hall–Kier alpha value is -0.763. The molecule has 88 valence electrons. The minimum absolute atomic E-state index is 0. The minimum atomic E-state index is -3.54. The van der Waals surface area contributed by atoms with Crippen LogP contribution in [-0.2, 0) is 14.6 Å². The van der Waals surface area contributed by atoms with E-state index in [2.05, 4.69) is 0 Å². The zero-order valence-corrected chi connectivity index (χ0v) is 11.0. The molecule has 0 spiro atoms. The van der Waals surface area contributed by atoms with Crippen LogP contribution < -0.4 is 24.0 Å². The third kappa shape index (κ3) is 4.55. The van der Waals surface area contributed by atoms with Crippen molar-refractivity contribution in [2.75, 3.05) is 5.75 Å². The summed E-state index contributed by atoms with van der Waals surface area (Å²) < 4.78 is 23.5. The fourth-order valence-corrected chi connectivity index (χ4v) is 2.78. The third-order valence-corrected chi connectivity index (χ3v) is 4.18. The second kappa shape index (κ2) is 6.25. The SMILES string of the molecule is Cc1ccc(S(=O)(=O)CC(C)C(=O)[O-])cc1.[Li+]. The Morgan fingerprint density at radius 2 is 1.76 bits per heavy atom. The summed E-state index contributed by atoms with van der Waals surface area (Å²) in [5.41, 5.74) is 0.951. The Kier molecular flexibility index (Phi) is 5.97. The Labute approximate surface area is 113 Å². The molecule has 0 saturated carbocycles. The van der Waals surface area contributed by atoms with Gasteiger partial charge < -0.3 is 9.90 Å². The molecule has 6 heteroatoms. The Bertz CT molecular complexity index is 479. The number of hydrogen-bond donors (Lipinski definition) is 0. The largest absolute Gasteiger partial charge is 1.00 e. The molecule has 1 unspecified atom stereocenters. The van der Waals surface area contributed by atoms with Gasteiger partial charge in [0.05, 0.1) is 10.6 Å². The van der Waals surface area contributed by atoms with Gasteiger partial charge in [-0.05, 0) is 19.1 Å². The predicted octanol–water partition coefficient (Wildman–Crippen LogP) is -2.84. The number of carbonyl (C=O) groups excluding carboxylic acids is 1. The molecule has 0 aliphatic heterocycles. The second-order valence-corrected chi connectivity index (χ2v) is 5.85. The van der Waals surface area contributed by atoms with Crippen LogP contribution in [0, 0.1) is 12.8 Å². The van der Waals surface area contributed by atoms with Crippen LogP contribution in [0.1, 0.15) is 12.5 Å². The molecule has 0 aromatic heterocycles. The molecule has 0 bridgehead atoms. The van der Waals surface area contributed by atoms with E-state index >= 15 is 0 Å². The first kappa shape index (κ1) is 16.2. The molecule has 0 N–H and O–H groups in total. The zero-order valence-electron chi connectivity index (χ0n) is 10.1. The first-order valence-corrected chi connectivity index (χ1v) is 6.48. The van der Waals surface area contributed by atoms with Gasteiger partial charge in [-0.1, -0.05) is 24.6 Å². The quantitative estimate of drug-likeness (QED) is 0.538. The molecule has 1 atom stereocenters. The maximum Gasteiger partial charge on any atom is 1.00 e. The molecule has 0 aliphatic carbocycles. The average molecular weight is 248 g/mol. The summed E-state index contributed by atoms with van der Waals surface area (Å²) in [5, 5.41) is 10.5. The van der Waals surface area contributed by atoms with Crippen LogP contribution in [0.5, 0.6) is 0 Å². The minimum Gasteiger partial charge on any atom is -0.550 e. The molecule has 0 radical (unpaired) electrons. The number of hydrogen-bond acceptors (Lipinski definition) is 4. The van der Waals surface area contributed by atoms with E-state index in [4.69, 9.17) is 0 Å². The first-order valence-electron chi connectivity index (χ1n) is 4.83. The summed E-state index contributed by atoms with van der Waals surface area (Å²) in [4.78, 5) is 10.6. The van der Waals surface area contributed by atoms with E-state index in [1.165, 1.54) is 19.1 Å². The van der Waals surface area contributed by atoms with Crippen molar-refractivity contribution >= 4 is 15.8 Å². The van der Waals surface area contributed by atoms with Crippen LogP contribution in [0.15, 0.2) is 29.2 Å². The van der Waals surface area contributed by atoms with Crippen molar-refractivity contribution in [1.29, 1.82) is 0 Å². The van der Waals surface area contributed by atoms with Crippen molar-refractivity contribution in [3.8, 4) is 0 Å². The average Bonchev–Trinajstić information content (AvgIpc) is 2.17. The summed E-state index contributed by atoms with van der Waals surface area (Å²) in [7, 11) is -3.54. The Balaban J connectivity index is 0.00000256. The van der Waals surface area contributed by atoms with Crippen molar-refractivity contribution in [3.63, 3.8) is 0 Å². The number of carboxylic acid groups (broad SMARTS) is 1. The molecule has 1 rings (SSSR count). The van der Waals surface area contributed by atoms with Crippen molar-refractivity contribution in [2.24, 2.45) is 5.92 Å². The third-order valence-electron chi connectivity index (χ3n) is 2.25. The van der Waals surface area contributed by atoms with Crippen molar-refractivity contribution in [2.45, 2.75) is 18.7 Å². The predicted molar refractivity (Wildman–Crippen MR) is 57.4 cm³/mol. The number of carboxylic acids is 1. The van der Waals surface area contributed by atoms with Crippen LogP contribution in [0.2, 0.25) is 0 Å². The van der Waals surface area contributed by atoms with Crippen LogP contribution in [0.25, 0.3) is 0 Å². The maximum absolute atomic E-state index is 11.8. The number of sulfone groups is 1. The van der Waals surface area contributed by atoms with Gasteiger partial charge in [-0.3, -0.25) is 0 Å². The summed E-state index contributed by atoms with van der Waals surface area (Å²) >= 11 is 0. The summed E-state index contributed by atoms with van der Waals surface area (Å²) in [6, 6.07) is 6.31. The van der Waals surface area contributed by atoms with Gasteiger partial charge in [0.1, 0.15) is 0 Å². The molecule has 0 heterocycles. The van der Waals surface area contributed by atoms with Gasteiger partial charge in [-0.15, -0.1) is 0 Å². The summed E-state index contributed by atoms with van der Waals surface area (Å²) in [6.45, 7) is 3.17. The number of carbonyl (C=O) groups is 1. The fourth-order valence-electron chi connectivity index (χ4n) is 1.24. The molecule has 1 aromatic rings. The smallest absolute Gasteiger partial charge is 0.550 e. The standard InChI is InChI=1S/C11H14O4S.Li/c1-8-3-5-10(6-4-8)16(14,15)7-9(2)11(12)13;/h3-6,9H,7H2,1-2H3,(H,12,13);/q;+1/p-1. The molecule has 17 heavy (non-hydrogen) atoms. The molecular formula is C11H13LiO4S. The van der Waals surface area contributed by atoms with Gasteiger partial charge in [0, 0.05) is 11.9 Å². The van der Waals surface area contributed by atoms with Crippen molar-refractivity contribution in [3.05, 3.63) is 29.8 Å². The van der Waals surface area contributed by atoms with Crippen molar-refractivity contribution < 1.29 is 37.2 Å². The molecule has 0 aliphatic rings. The van der Waals surface area contributed by atoms with Gasteiger partial charge in [0.2, 0.25) is 0 Å². The van der Waals surface area contributed by atoms with Gasteiger partial charge >= 0.3 is 18.9 Å². The number of aliphatic carboxylic acids is 1. The second-order valence-electron chi connectivity index (χ2n) is 3.81. The molecule has 0 fully saturated rings. The van der Waals surface area contributed by atoms with E-state index in [0.717, 1.165) is 5.56 Å². The topological polar surface area (TPSA) is 74.3 Å². The number of rotatable bonds is 4. The summed E-state index contributed by atoms with van der Waals surface area (Å²) in [5.74, 6) is -2.79. The van der Waals surface area contributed by atoms with Crippen LogP contribution in [0.3, 0.4) is 0 Å². The van der Waals surface area contributed by atoms with Gasteiger partial charge in [-0.2, -0.15) is 0 Å². The Morgan fingerprint density at radius 3 is 2.18 bits per heavy atom. The van der Waals surface area contributed by atoms with Gasteiger partial charge in [-0.25, -0.2) is 8.42 Å². The van der Waals surface area contributed by atoms with Crippen LogP contribution in [-0.4, -0.2) is 20.1 Å². The molecular weight excluding hydrogens is 235 g/mol. The first-order chi connectivity index (χ1) is 7.33. The normalized spacial score (nSPS) is 12.6. The van der Waals surface area contributed by atoms with E-state index in [1.807, 2.05) is 6.92 Å². The fraction of sp³-hybridized carbons (Fsp3) is 0.364. The van der Waals surface area contributed by atoms with E-state index in [1.54, 1.807) is 12.1 Å². The van der Waals surface area contributed by atoms with E-state index in [-0.39, 0.29) is 23.8 Å². The van der Waals surface area contributed by atoms with E-state index in [0.29, 0.717) is 0 Å². The van der Waals surface area contributed by atoms with Crippen LogP contribution >= 0.6 is 0 Å². The molecule has 4 nitrogen and oxygen atoms in total. The number of benzene rings is 1. The van der Waals surface area contributed by atoms with Gasteiger partial charge in [0.15, 0.2) is 9.84 Å².